The highest BCUT2D eigenvalue weighted by Crippen LogP contribution is 2.23. The van der Waals surface area contributed by atoms with Gasteiger partial charge in [0.05, 0.1) is 24.5 Å². The van der Waals surface area contributed by atoms with Gasteiger partial charge in [0, 0.05) is 13.0 Å². The molecule has 3 rings (SSSR count). The number of aryl methyl sites for hydroxylation is 1. The van der Waals surface area contributed by atoms with Gasteiger partial charge in [0.25, 0.3) is 0 Å². The van der Waals surface area contributed by atoms with Crippen LogP contribution in [-0.2, 0) is 11.2 Å². The third-order valence-electron chi connectivity index (χ3n) is 4.75. The number of hydrogen-bond acceptors (Lipinski definition) is 4. The Morgan fingerprint density at radius 1 is 1.04 bits per heavy atom. The predicted octanol–water partition coefficient (Wildman–Crippen LogP) is 3.93. The first-order chi connectivity index (χ1) is 13.0. The second kappa shape index (κ2) is 8.73. The van der Waals surface area contributed by atoms with Gasteiger partial charge in [-0.05, 0) is 50.8 Å². The summed E-state index contributed by atoms with van der Waals surface area (Å²) in [6.07, 6.45) is 3.81. The lowest BCUT2D eigenvalue weighted by atomic mass is 9.93. The lowest BCUT2D eigenvalue weighted by molar-refractivity contribution is -0.122. The molecule has 142 valence electrons. The summed E-state index contributed by atoms with van der Waals surface area (Å²) in [7, 11) is 3.94. The van der Waals surface area contributed by atoms with Crippen LogP contribution in [0.15, 0.2) is 69.9 Å². The number of carbonyl (C=O) groups excluding carboxylic acids is 1. The summed E-state index contributed by atoms with van der Waals surface area (Å²) in [5.74, 6) is 1.30. The van der Waals surface area contributed by atoms with E-state index in [2.05, 4.69) is 5.32 Å². The van der Waals surface area contributed by atoms with Gasteiger partial charge in [-0.15, -0.1) is 0 Å². The summed E-state index contributed by atoms with van der Waals surface area (Å²) in [5.41, 5.74) is 2.15. The van der Waals surface area contributed by atoms with Crippen molar-refractivity contribution in [3.63, 3.8) is 0 Å². The van der Waals surface area contributed by atoms with Crippen molar-refractivity contribution in [1.29, 1.82) is 0 Å². The maximum absolute atomic E-state index is 13.0. The van der Waals surface area contributed by atoms with Crippen LogP contribution in [0.4, 0.5) is 0 Å². The maximum atomic E-state index is 13.0. The molecule has 1 aromatic carbocycles. The first-order valence-corrected chi connectivity index (χ1v) is 9.11. The molecule has 0 saturated carbocycles. The van der Waals surface area contributed by atoms with Crippen LogP contribution in [0.2, 0.25) is 0 Å². The Balaban J connectivity index is 1.75. The lowest BCUT2D eigenvalue weighted by Gasteiger charge is -2.24. The molecule has 0 aliphatic heterocycles. The monoisotopic (exact) mass is 366 g/mol. The summed E-state index contributed by atoms with van der Waals surface area (Å²) in [6.45, 7) is 2.51. The van der Waals surface area contributed by atoms with E-state index in [0.29, 0.717) is 13.0 Å². The number of carbonyl (C=O) groups is 1. The van der Waals surface area contributed by atoms with Crippen LogP contribution in [0.1, 0.15) is 34.6 Å². The van der Waals surface area contributed by atoms with E-state index in [1.165, 1.54) is 5.56 Å². The van der Waals surface area contributed by atoms with Crippen molar-refractivity contribution in [1.82, 2.24) is 10.2 Å². The molecule has 1 N–H and O–H groups in total. The molecule has 5 nitrogen and oxygen atoms in total. The van der Waals surface area contributed by atoms with Gasteiger partial charge in [0.2, 0.25) is 5.91 Å². The highest BCUT2D eigenvalue weighted by Gasteiger charge is 2.24. The number of hydrogen-bond donors (Lipinski definition) is 1. The van der Waals surface area contributed by atoms with Crippen LogP contribution in [0.25, 0.3) is 0 Å². The van der Waals surface area contributed by atoms with Crippen LogP contribution in [0, 0.1) is 6.92 Å². The van der Waals surface area contributed by atoms with E-state index in [9.17, 15) is 4.79 Å². The Bertz CT molecular complexity index is 821. The molecule has 0 spiro atoms. The average molecular weight is 366 g/mol. The number of benzene rings is 1. The minimum Gasteiger partial charge on any atom is -0.469 e. The molecule has 27 heavy (non-hydrogen) atoms. The first-order valence-electron chi connectivity index (χ1n) is 9.11. The van der Waals surface area contributed by atoms with Crippen molar-refractivity contribution in [3.8, 4) is 0 Å². The third kappa shape index (κ3) is 4.89. The molecule has 2 atom stereocenters. The summed E-state index contributed by atoms with van der Waals surface area (Å²) in [6, 6.07) is 15.6. The van der Waals surface area contributed by atoms with Crippen molar-refractivity contribution in [2.45, 2.75) is 25.3 Å². The summed E-state index contributed by atoms with van der Waals surface area (Å²) in [5, 5.41) is 3.10. The molecule has 5 heteroatoms. The lowest BCUT2D eigenvalue weighted by Crippen LogP contribution is -2.37. The molecular weight excluding hydrogens is 340 g/mol. The molecule has 1 amide bonds. The number of nitrogens with one attached hydrogen (secondary N) is 1. The fraction of sp³-hybridized carbons (Fsp3) is 0.318. The van der Waals surface area contributed by atoms with E-state index in [4.69, 9.17) is 8.83 Å². The van der Waals surface area contributed by atoms with Crippen LogP contribution >= 0.6 is 0 Å². The van der Waals surface area contributed by atoms with Crippen LogP contribution < -0.4 is 5.32 Å². The smallest absolute Gasteiger partial charge is 0.228 e. The molecular formula is C22H26N2O3. The predicted molar refractivity (Wildman–Crippen MR) is 104 cm³/mol. The zero-order valence-electron chi connectivity index (χ0n) is 16.0. The van der Waals surface area contributed by atoms with Gasteiger partial charge in [0.1, 0.15) is 11.5 Å². The normalized spacial score (nSPS) is 13.5. The zero-order chi connectivity index (χ0) is 19.2. The molecule has 3 aromatic rings. The second-order valence-electron chi connectivity index (χ2n) is 6.99. The van der Waals surface area contributed by atoms with Gasteiger partial charge >= 0.3 is 0 Å². The largest absolute Gasteiger partial charge is 0.469 e. The highest BCUT2D eigenvalue weighted by molar-refractivity contribution is 5.84. The van der Waals surface area contributed by atoms with E-state index >= 15 is 0 Å². The van der Waals surface area contributed by atoms with E-state index < -0.39 is 0 Å². The molecule has 0 bridgehead atoms. The van der Waals surface area contributed by atoms with Gasteiger partial charge in [-0.3, -0.25) is 9.69 Å². The zero-order valence-corrected chi connectivity index (χ0v) is 16.0. The van der Waals surface area contributed by atoms with Crippen LogP contribution in [0.5, 0.6) is 0 Å². The number of amides is 1. The minimum atomic E-state index is -0.309. The fourth-order valence-electron chi connectivity index (χ4n) is 3.13. The number of furan rings is 2. The van der Waals surface area contributed by atoms with Gasteiger partial charge in [-0.25, -0.2) is 0 Å². The summed E-state index contributed by atoms with van der Waals surface area (Å²) in [4.78, 5) is 15.1. The Morgan fingerprint density at radius 2 is 1.74 bits per heavy atom. The Labute approximate surface area is 160 Å². The standard InChI is InChI=1S/C22H26N2O3/c1-16-8-10-17(11-9-16)19(14-18-6-4-12-26-18)22(25)23-15-20(24(2)3)21-7-5-13-27-21/h4-13,19-20H,14-15H2,1-3H3,(H,23,25). The first kappa shape index (κ1) is 19.0. The minimum absolute atomic E-state index is 0.0198. The second-order valence-corrected chi connectivity index (χ2v) is 6.99. The van der Waals surface area contributed by atoms with Gasteiger partial charge in [-0.1, -0.05) is 29.8 Å². The summed E-state index contributed by atoms with van der Waals surface area (Å²) >= 11 is 0. The molecule has 0 aliphatic carbocycles. The quantitative estimate of drug-likeness (QED) is 0.656. The van der Waals surface area contributed by atoms with Crippen molar-refractivity contribution in [2.75, 3.05) is 20.6 Å². The Morgan fingerprint density at radius 3 is 2.33 bits per heavy atom. The number of likely N-dealkylation sites (N-methyl/N-ethyl adjacent to an activating group) is 1. The van der Waals surface area contributed by atoms with E-state index in [1.54, 1.807) is 12.5 Å². The van der Waals surface area contributed by atoms with Crippen LogP contribution in [-0.4, -0.2) is 31.4 Å². The van der Waals surface area contributed by atoms with Crippen molar-refractivity contribution < 1.29 is 13.6 Å². The number of nitrogens with zero attached hydrogens (tertiary/aromatic N) is 1. The molecule has 2 aromatic heterocycles. The van der Waals surface area contributed by atoms with Crippen molar-refractivity contribution in [3.05, 3.63) is 83.7 Å². The molecule has 0 saturated heterocycles. The van der Waals surface area contributed by atoms with Crippen molar-refractivity contribution in [2.24, 2.45) is 0 Å². The van der Waals surface area contributed by atoms with Gasteiger partial charge in [-0.2, -0.15) is 0 Å². The third-order valence-corrected chi connectivity index (χ3v) is 4.75. The molecule has 0 radical (unpaired) electrons. The summed E-state index contributed by atoms with van der Waals surface area (Å²) < 4.78 is 11.0. The van der Waals surface area contributed by atoms with Gasteiger partial charge < -0.3 is 14.2 Å². The average Bonchev–Trinajstić information content (AvgIpc) is 3.34. The number of rotatable bonds is 8. The SMILES string of the molecule is Cc1ccc(C(Cc2ccco2)C(=O)NCC(c2ccco2)N(C)C)cc1. The van der Waals surface area contributed by atoms with Crippen LogP contribution in [0.3, 0.4) is 0 Å². The topological polar surface area (TPSA) is 58.6 Å². The Hall–Kier alpha value is -2.79. The molecule has 0 aliphatic rings. The maximum Gasteiger partial charge on any atom is 0.228 e. The van der Waals surface area contributed by atoms with Gasteiger partial charge in [0.15, 0.2) is 0 Å². The molecule has 0 fully saturated rings. The highest BCUT2D eigenvalue weighted by atomic mass is 16.3. The fourth-order valence-corrected chi connectivity index (χ4v) is 3.13. The Kier molecular flexibility index (Phi) is 6.14. The molecule has 2 heterocycles. The van der Waals surface area contributed by atoms with E-state index in [1.807, 2.05) is 74.4 Å². The van der Waals surface area contributed by atoms with Crippen molar-refractivity contribution >= 4 is 5.91 Å². The van der Waals surface area contributed by atoms with E-state index in [-0.39, 0.29) is 17.9 Å². The van der Waals surface area contributed by atoms with E-state index in [0.717, 1.165) is 17.1 Å². The molecule has 2 unspecified atom stereocenters.